The van der Waals surface area contributed by atoms with E-state index in [2.05, 4.69) is 20.4 Å². The molecule has 0 aliphatic heterocycles. The Kier molecular flexibility index (Phi) is 9.85. The molecule has 0 saturated carbocycles. The second-order valence-electron chi connectivity index (χ2n) is 6.60. The molecule has 1 atom stereocenters. The predicted molar refractivity (Wildman–Crippen MR) is 97.0 cm³/mol. The van der Waals surface area contributed by atoms with Crippen LogP contribution in [0.15, 0.2) is 12.7 Å². The van der Waals surface area contributed by atoms with E-state index in [1.165, 1.54) is 46.0 Å². The summed E-state index contributed by atoms with van der Waals surface area (Å²) in [5.41, 5.74) is -0.763. The van der Waals surface area contributed by atoms with E-state index in [1.807, 2.05) is 0 Å². The molecule has 1 unspecified atom stereocenters. The van der Waals surface area contributed by atoms with Crippen LogP contribution in [0.3, 0.4) is 0 Å². The van der Waals surface area contributed by atoms with Crippen LogP contribution in [-0.4, -0.2) is 41.4 Å². The largest absolute Gasteiger partial charge is 0.319 e. The molecule has 23 heavy (non-hydrogen) atoms. The second kappa shape index (κ2) is 10.5. The standard InChI is InChI=1S/C19H36N2O2/c1-8-10-11-12-13-14-15-16(3)19(9-2,20(6)17(4)22)21(7)18(5)23/h9,16H,2,8,10-15H2,1,3-7H3. The third-order valence-electron chi connectivity index (χ3n) is 5.04. The predicted octanol–water partition coefficient (Wildman–Crippen LogP) is 4.21. The van der Waals surface area contributed by atoms with E-state index in [4.69, 9.17) is 0 Å². The van der Waals surface area contributed by atoms with Crippen molar-refractivity contribution in [3.63, 3.8) is 0 Å². The Bertz CT molecular complexity index is 373. The van der Waals surface area contributed by atoms with Crippen molar-refractivity contribution in [2.45, 2.75) is 78.3 Å². The zero-order valence-electron chi connectivity index (χ0n) is 16.0. The number of hydrogen-bond donors (Lipinski definition) is 0. The molecule has 4 nitrogen and oxygen atoms in total. The first-order chi connectivity index (χ1) is 10.8. The van der Waals surface area contributed by atoms with Gasteiger partial charge in [0, 0.05) is 33.9 Å². The third-order valence-corrected chi connectivity index (χ3v) is 5.04. The van der Waals surface area contributed by atoms with Crippen molar-refractivity contribution >= 4 is 11.8 Å². The van der Waals surface area contributed by atoms with Gasteiger partial charge in [-0.05, 0) is 12.5 Å². The summed E-state index contributed by atoms with van der Waals surface area (Å²) in [5, 5.41) is 0. The van der Waals surface area contributed by atoms with E-state index in [1.54, 1.807) is 30.0 Å². The maximum Gasteiger partial charge on any atom is 0.221 e. The molecule has 4 heteroatoms. The number of carbonyl (C=O) groups is 2. The molecule has 0 heterocycles. The minimum absolute atomic E-state index is 0.0622. The molecule has 0 N–H and O–H groups in total. The highest BCUT2D eigenvalue weighted by molar-refractivity contribution is 5.78. The lowest BCUT2D eigenvalue weighted by Gasteiger charge is -2.49. The zero-order chi connectivity index (χ0) is 18.0. The Balaban J connectivity index is 5.01. The Hall–Kier alpha value is -1.32. The van der Waals surface area contributed by atoms with Gasteiger partial charge in [0.2, 0.25) is 11.8 Å². The van der Waals surface area contributed by atoms with Gasteiger partial charge in [-0.15, -0.1) is 0 Å². The van der Waals surface area contributed by atoms with Gasteiger partial charge >= 0.3 is 0 Å². The molecule has 0 radical (unpaired) electrons. The Morgan fingerprint density at radius 1 is 1.00 bits per heavy atom. The summed E-state index contributed by atoms with van der Waals surface area (Å²) in [6, 6.07) is 0. The van der Waals surface area contributed by atoms with Gasteiger partial charge in [-0.2, -0.15) is 0 Å². The molecule has 0 saturated heterocycles. The number of amides is 2. The number of unbranched alkanes of at least 4 members (excludes halogenated alkanes) is 5. The van der Waals surface area contributed by atoms with Gasteiger partial charge in [-0.3, -0.25) is 9.59 Å². The van der Waals surface area contributed by atoms with E-state index in [9.17, 15) is 9.59 Å². The molecule has 0 fully saturated rings. The van der Waals surface area contributed by atoms with Crippen LogP contribution in [0, 0.1) is 5.92 Å². The third kappa shape index (κ3) is 5.67. The molecule has 0 aromatic rings. The summed E-state index contributed by atoms with van der Waals surface area (Å²) in [5.74, 6) is 0.00886. The van der Waals surface area contributed by atoms with Crippen molar-refractivity contribution in [1.29, 1.82) is 0 Å². The van der Waals surface area contributed by atoms with E-state index in [-0.39, 0.29) is 17.7 Å². The topological polar surface area (TPSA) is 40.6 Å². The fraction of sp³-hybridized carbons (Fsp3) is 0.789. The van der Waals surface area contributed by atoms with Crippen LogP contribution in [0.4, 0.5) is 0 Å². The van der Waals surface area contributed by atoms with Crippen LogP contribution >= 0.6 is 0 Å². The highest BCUT2D eigenvalue weighted by Crippen LogP contribution is 2.33. The van der Waals surface area contributed by atoms with Gasteiger partial charge in [0.05, 0.1) is 0 Å². The monoisotopic (exact) mass is 324 g/mol. The van der Waals surface area contributed by atoms with Crippen LogP contribution < -0.4 is 0 Å². The molecule has 0 bridgehead atoms. The number of rotatable bonds is 11. The maximum atomic E-state index is 12.0. The summed E-state index contributed by atoms with van der Waals surface area (Å²) in [6.07, 6.45) is 10.1. The summed E-state index contributed by atoms with van der Waals surface area (Å²) >= 11 is 0. The minimum Gasteiger partial charge on any atom is -0.319 e. The van der Waals surface area contributed by atoms with Gasteiger partial charge < -0.3 is 9.80 Å². The van der Waals surface area contributed by atoms with Crippen LogP contribution in [0.2, 0.25) is 0 Å². The van der Waals surface area contributed by atoms with Crippen LogP contribution in [0.5, 0.6) is 0 Å². The number of hydrogen-bond acceptors (Lipinski definition) is 2. The molecule has 134 valence electrons. The van der Waals surface area contributed by atoms with Gasteiger partial charge in [-0.25, -0.2) is 0 Å². The first-order valence-electron chi connectivity index (χ1n) is 8.88. The first-order valence-corrected chi connectivity index (χ1v) is 8.88. The average molecular weight is 325 g/mol. The van der Waals surface area contributed by atoms with Crippen molar-refractivity contribution in [1.82, 2.24) is 9.80 Å². The Morgan fingerprint density at radius 3 is 1.83 bits per heavy atom. The fourth-order valence-electron chi connectivity index (χ4n) is 3.31. The lowest BCUT2D eigenvalue weighted by atomic mass is 9.86. The molecule has 0 rings (SSSR count). The zero-order valence-corrected chi connectivity index (χ0v) is 16.0. The van der Waals surface area contributed by atoms with E-state index in [0.717, 1.165) is 12.8 Å². The highest BCUT2D eigenvalue weighted by Gasteiger charge is 2.43. The highest BCUT2D eigenvalue weighted by atomic mass is 16.2. The van der Waals surface area contributed by atoms with Crippen molar-refractivity contribution in [2.75, 3.05) is 14.1 Å². The SMILES string of the molecule is C=CC(C(C)CCCCCCCC)(N(C)C(C)=O)N(C)C(C)=O. The summed E-state index contributed by atoms with van der Waals surface area (Å²) in [4.78, 5) is 27.2. The van der Waals surface area contributed by atoms with Gasteiger partial charge in [0.25, 0.3) is 0 Å². The molecular weight excluding hydrogens is 288 g/mol. The molecule has 0 aromatic heterocycles. The lowest BCUT2D eigenvalue weighted by molar-refractivity contribution is -0.151. The van der Waals surface area contributed by atoms with Crippen molar-refractivity contribution in [3.8, 4) is 0 Å². The van der Waals surface area contributed by atoms with E-state index < -0.39 is 5.66 Å². The quantitative estimate of drug-likeness (QED) is 0.324. The van der Waals surface area contributed by atoms with Crippen LogP contribution in [0.1, 0.15) is 72.6 Å². The molecule has 0 aromatic carbocycles. The second-order valence-corrected chi connectivity index (χ2v) is 6.60. The molecular formula is C19H36N2O2. The minimum atomic E-state index is -0.763. The summed E-state index contributed by atoms with van der Waals surface area (Å²) in [6.45, 7) is 11.3. The van der Waals surface area contributed by atoms with E-state index >= 15 is 0 Å². The number of carbonyl (C=O) groups excluding carboxylic acids is 2. The van der Waals surface area contributed by atoms with Gasteiger partial charge in [0.1, 0.15) is 5.66 Å². The number of likely N-dealkylation sites (N-methyl/N-ethyl adjacent to an activating group) is 2. The Labute approximate surface area is 142 Å². The van der Waals surface area contributed by atoms with E-state index in [0.29, 0.717) is 0 Å². The summed E-state index contributed by atoms with van der Waals surface area (Å²) in [7, 11) is 3.50. The molecule has 2 amide bonds. The summed E-state index contributed by atoms with van der Waals surface area (Å²) < 4.78 is 0. The number of nitrogens with zero attached hydrogens (tertiary/aromatic N) is 2. The van der Waals surface area contributed by atoms with Crippen molar-refractivity contribution in [3.05, 3.63) is 12.7 Å². The maximum absolute atomic E-state index is 12.0. The Morgan fingerprint density at radius 2 is 1.43 bits per heavy atom. The van der Waals surface area contributed by atoms with Gasteiger partial charge in [-0.1, -0.05) is 59.0 Å². The molecule has 0 spiro atoms. The first kappa shape index (κ1) is 21.7. The van der Waals surface area contributed by atoms with Crippen molar-refractivity contribution < 1.29 is 9.59 Å². The fourth-order valence-corrected chi connectivity index (χ4v) is 3.31. The lowest BCUT2D eigenvalue weighted by Crippen LogP contribution is -2.63. The van der Waals surface area contributed by atoms with Crippen LogP contribution in [0.25, 0.3) is 0 Å². The molecule has 0 aliphatic rings. The average Bonchev–Trinajstić information content (AvgIpc) is 2.51. The molecule has 0 aliphatic carbocycles. The smallest absolute Gasteiger partial charge is 0.221 e. The normalized spacial score (nSPS) is 12.6. The van der Waals surface area contributed by atoms with Crippen molar-refractivity contribution in [2.24, 2.45) is 5.92 Å². The van der Waals surface area contributed by atoms with Crippen LogP contribution in [-0.2, 0) is 9.59 Å². The van der Waals surface area contributed by atoms with Gasteiger partial charge in [0.15, 0.2) is 0 Å².